The molecule has 0 bridgehead atoms. The van der Waals surface area contributed by atoms with Gasteiger partial charge in [0, 0.05) is 19.3 Å². The standard InChI is InChI=1S/C60H98O6/c1-4-7-10-13-16-19-22-24-26-28-29-30-31-33-34-36-38-41-44-47-50-53-59(62)65-56-57(55-64-58(61)52-49-46-43-40-21-18-15-12-9-6-3)66-60(63)54-51-48-45-42-39-37-35-32-27-25-23-20-17-14-11-8-5-2/h7-8,10-11,16-17,19-20,24-27,29-30,33-34,38,41,57H,4-6,9,12-15,18,21-23,28,31-32,35-37,39-40,42-56H2,1-3H3/b10-7-,11-8-,19-16-,20-17-,26-24-,27-25-,30-29-,34-33-,41-38-. The molecule has 0 aliphatic heterocycles. The molecule has 0 saturated heterocycles. The normalized spacial score (nSPS) is 13.0. The van der Waals surface area contributed by atoms with Crippen molar-refractivity contribution < 1.29 is 28.6 Å². The van der Waals surface area contributed by atoms with E-state index in [0.29, 0.717) is 19.3 Å². The Bertz CT molecular complexity index is 1370. The lowest BCUT2D eigenvalue weighted by Crippen LogP contribution is -2.30. The maximum Gasteiger partial charge on any atom is 0.306 e. The Morgan fingerprint density at radius 3 is 0.955 bits per heavy atom. The summed E-state index contributed by atoms with van der Waals surface area (Å²) in [5.74, 6) is -0.956. The molecule has 0 fully saturated rings. The second-order valence-electron chi connectivity index (χ2n) is 17.4. The summed E-state index contributed by atoms with van der Waals surface area (Å²) in [7, 11) is 0. The molecule has 0 aromatic rings. The van der Waals surface area contributed by atoms with E-state index < -0.39 is 6.10 Å². The lowest BCUT2D eigenvalue weighted by molar-refractivity contribution is -0.167. The van der Waals surface area contributed by atoms with Gasteiger partial charge in [-0.2, -0.15) is 0 Å². The predicted octanol–water partition coefficient (Wildman–Crippen LogP) is 17.9. The van der Waals surface area contributed by atoms with Gasteiger partial charge < -0.3 is 14.2 Å². The van der Waals surface area contributed by atoms with Gasteiger partial charge in [0.1, 0.15) is 13.2 Å². The quantitative estimate of drug-likeness (QED) is 0.0262. The molecule has 0 aromatic carbocycles. The van der Waals surface area contributed by atoms with Gasteiger partial charge in [-0.05, 0) is 103 Å². The zero-order valence-electron chi connectivity index (χ0n) is 42.7. The van der Waals surface area contributed by atoms with Crippen LogP contribution in [0.3, 0.4) is 0 Å². The smallest absolute Gasteiger partial charge is 0.306 e. The van der Waals surface area contributed by atoms with Crippen LogP contribution in [0.25, 0.3) is 0 Å². The molecular formula is C60H98O6. The molecule has 0 rings (SSSR count). The number of rotatable bonds is 47. The van der Waals surface area contributed by atoms with E-state index in [2.05, 4.69) is 130 Å². The summed E-state index contributed by atoms with van der Waals surface area (Å²) in [5.41, 5.74) is 0. The van der Waals surface area contributed by atoms with Crippen LogP contribution in [0.2, 0.25) is 0 Å². The maximum absolute atomic E-state index is 12.8. The van der Waals surface area contributed by atoms with Gasteiger partial charge in [-0.15, -0.1) is 0 Å². The Hall–Kier alpha value is -3.93. The van der Waals surface area contributed by atoms with E-state index in [1.54, 1.807) is 0 Å². The Labute approximate surface area is 406 Å². The van der Waals surface area contributed by atoms with Crippen LogP contribution in [0.15, 0.2) is 109 Å². The Kier molecular flexibility index (Phi) is 50.5. The summed E-state index contributed by atoms with van der Waals surface area (Å²) < 4.78 is 16.8. The van der Waals surface area contributed by atoms with Gasteiger partial charge in [0.05, 0.1) is 0 Å². The molecule has 6 heteroatoms. The van der Waals surface area contributed by atoms with Gasteiger partial charge in [-0.3, -0.25) is 14.4 Å². The SMILES string of the molecule is CC/C=C\C/C=C\C/C=C\C/C=C\C/C=C\C/C=C\CCCCC(=O)OCC(COC(=O)CCCCCCCCCCCC)OC(=O)CCCCCCCCC/C=C\C/C=C\C/C=C\CC. The highest BCUT2D eigenvalue weighted by molar-refractivity contribution is 5.71. The van der Waals surface area contributed by atoms with E-state index in [0.717, 1.165) is 122 Å². The van der Waals surface area contributed by atoms with Gasteiger partial charge in [0.15, 0.2) is 6.10 Å². The molecule has 1 atom stereocenters. The summed E-state index contributed by atoms with van der Waals surface area (Å²) in [6.45, 7) is 6.35. The third-order valence-electron chi connectivity index (χ3n) is 11.0. The fourth-order valence-electron chi connectivity index (χ4n) is 7.05. The first kappa shape index (κ1) is 62.1. The van der Waals surface area contributed by atoms with Crippen molar-refractivity contribution in [3.63, 3.8) is 0 Å². The van der Waals surface area contributed by atoms with Crippen LogP contribution in [-0.2, 0) is 28.6 Å². The van der Waals surface area contributed by atoms with Crippen molar-refractivity contribution >= 4 is 17.9 Å². The topological polar surface area (TPSA) is 78.9 Å². The number of esters is 3. The van der Waals surface area contributed by atoms with Crippen LogP contribution in [0, 0.1) is 0 Å². The molecule has 0 amide bonds. The third-order valence-corrected chi connectivity index (χ3v) is 11.0. The zero-order chi connectivity index (χ0) is 47.9. The molecule has 0 N–H and O–H groups in total. The highest BCUT2D eigenvalue weighted by atomic mass is 16.6. The molecule has 0 radical (unpaired) electrons. The maximum atomic E-state index is 12.8. The minimum atomic E-state index is -0.801. The lowest BCUT2D eigenvalue weighted by atomic mass is 10.1. The minimum Gasteiger partial charge on any atom is -0.462 e. The summed E-state index contributed by atoms with van der Waals surface area (Å²) in [4.78, 5) is 38.0. The molecule has 0 spiro atoms. The summed E-state index contributed by atoms with van der Waals surface area (Å²) in [6.07, 6.45) is 72.2. The summed E-state index contributed by atoms with van der Waals surface area (Å²) >= 11 is 0. The van der Waals surface area contributed by atoms with Crippen molar-refractivity contribution in [2.75, 3.05) is 13.2 Å². The average Bonchev–Trinajstić information content (AvgIpc) is 3.31. The van der Waals surface area contributed by atoms with Crippen LogP contribution in [0.5, 0.6) is 0 Å². The van der Waals surface area contributed by atoms with Crippen molar-refractivity contribution in [3.05, 3.63) is 109 Å². The number of unbranched alkanes of at least 4 members (excludes halogenated alkanes) is 18. The second-order valence-corrected chi connectivity index (χ2v) is 17.4. The number of allylic oxidation sites excluding steroid dienone is 18. The molecule has 374 valence electrons. The van der Waals surface area contributed by atoms with Crippen LogP contribution >= 0.6 is 0 Å². The first-order valence-electron chi connectivity index (χ1n) is 26.9. The molecule has 66 heavy (non-hydrogen) atoms. The largest absolute Gasteiger partial charge is 0.462 e. The average molecular weight is 915 g/mol. The molecule has 0 aliphatic rings. The van der Waals surface area contributed by atoms with E-state index >= 15 is 0 Å². The van der Waals surface area contributed by atoms with Crippen molar-refractivity contribution in [3.8, 4) is 0 Å². The van der Waals surface area contributed by atoms with Crippen LogP contribution < -0.4 is 0 Å². The zero-order valence-corrected chi connectivity index (χ0v) is 42.7. The summed E-state index contributed by atoms with van der Waals surface area (Å²) in [6, 6.07) is 0. The van der Waals surface area contributed by atoms with Gasteiger partial charge in [-0.25, -0.2) is 0 Å². The molecule has 0 saturated carbocycles. The van der Waals surface area contributed by atoms with Crippen LogP contribution in [0.4, 0.5) is 0 Å². The van der Waals surface area contributed by atoms with Gasteiger partial charge in [0.25, 0.3) is 0 Å². The Balaban J connectivity index is 4.44. The first-order chi connectivity index (χ1) is 32.5. The number of carbonyl (C=O) groups excluding carboxylic acids is 3. The van der Waals surface area contributed by atoms with Crippen LogP contribution in [0.1, 0.15) is 233 Å². The highest BCUT2D eigenvalue weighted by Crippen LogP contribution is 2.14. The number of hydrogen-bond acceptors (Lipinski definition) is 6. The Morgan fingerprint density at radius 2 is 0.591 bits per heavy atom. The molecule has 1 unspecified atom stereocenters. The molecule has 6 nitrogen and oxygen atoms in total. The van der Waals surface area contributed by atoms with E-state index in [9.17, 15) is 14.4 Å². The van der Waals surface area contributed by atoms with Crippen molar-refractivity contribution in [1.82, 2.24) is 0 Å². The number of hydrogen-bond donors (Lipinski definition) is 0. The predicted molar refractivity (Wildman–Crippen MR) is 283 cm³/mol. The summed E-state index contributed by atoms with van der Waals surface area (Å²) in [5, 5.41) is 0. The van der Waals surface area contributed by atoms with Gasteiger partial charge in [0.2, 0.25) is 0 Å². The van der Waals surface area contributed by atoms with E-state index in [1.807, 2.05) is 0 Å². The van der Waals surface area contributed by atoms with Crippen molar-refractivity contribution in [2.24, 2.45) is 0 Å². The molecule has 0 aromatic heterocycles. The number of ether oxygens (including phenoxy) is 3. The molecule has 0 aliphatic carbocycles. The van der Waals surface area contributed by atoms with Crippen LogP contribution in [-0.4, -0.2) is 37.2 Å². The lowest BCUT2D eigenvalue weighted by Gasteiger charge is -2.18. The Morgan fingerprint density at radius 1 is 0.318 bits per heavy atom. The fraction of sp³-hybridized carbons (Fsp3) is 0.650. The monoisotopic (exact) mass is 915 g/mol. The minimum absolute atomic E-state index is 0.0964. The van der Waals surface area contributed by atoms with Gasteiger partial charge in [-0.1, -0.05) is 220 Å². The van der Waals surface area contributed by atoms with Crippen molar-refractivity contribution in [1.29, 1.82) is 0 Å². The molecular weight excluding hydrogens is 817 g/mol. The number of carbonyl (C=O) groups is 3. The van der Waals surface area contributed by atoms with E-state index in [4.69, 9.17) is 14.2 Å². The van der Waals surface area contributed by atoms with Crippen molar-refractivity contribution in [2.45, 2.75) is 239 Å². The van der Waals surface area contributed by atoms with E-state index in [-0.39, 0.29) is 31.1 Å². The highest BCUT2D eigenvalue weighted by Gasteiger charge is 2.19. The second kappa shape index (κ2) is 53.7. The third kappa shape index (κ3) is 51.1. The van der Waals surface area contributed by atoms with E-state index in [1.165, 1.54) is 70.6 Å². The fourth-order valence-corrected chi connectivity index (χ4v) is 7.05. The van der Waals surface area contributed by atoms with Gasteiger partial charge >= 0.3 is 17.9 Å². The molecule has 0 heterocycles. The first-order valence-corrected chi connectivity index (χ1v) is 26.9.